The summed E-state index contributed by atoms with van der Waals surface area (Å²) in [6.45, 7) is 1.79. The average Bonchev–Trinajstić information content (AvgIpc) is 2.47. The third kappa shape index (κ3) is 4.72. The number of nitro benzene ring substituents is 1. The zero-order valence-corrected chi connectivity index (χ0v) is 13.5. The van der Waals surface area contributed by atoms with E-state index in [0.717, 1.165) is 23.9 Å². The molecule has 0 heterocycles. The number of rotatable bonds is 5. The van der Waals surface area contributed by atoms with Gasteiger partial charge in [-0.05, 0) is 43.2 Å². The second-order valence-corrected chi connectivity index (χ2v) is 6.48. The van der Waals surface area contributed by atoms with Crippen molar-refractivity contribution in [2.75, 3.05) is 0 Å². The summed E-state index contributed by atoms with van der Waals surface area (Å²) in [5.74, 6) is 0. The molecule has 0 amide bonds. The van der Waals surface area contributed by atoms with Crippen LogP contribution < -0.4 is 5.73 Å². The predicted molar refractivity (Wildman–Crippen MR) is 86.0 cm³/mol. The quantitative estimate of drug-likeness (QED) is 0.625. The minimum atomic E-state index is -4.45. The highest BCUT2D eigenvalue weighted by atomic mass is 32.2. The summed E-state index contributed by atoms with van der Waals surface area (Å²) in [7, 11) is 0. The highest BCUT2D eigenvalue weighted by Crippen LogP contribution is 2.38. The van der Waals surface area contributed by atoms with Gasteiger partial charge >= 0.3 is 6.18 Å². The standard InChI is InChI=1S/C16H15F3N2O2S/c1-10(20)7-11-5-6-15(14(8-11)21(22)23)24-13-4-2-3-12(9-13)16(17,18)19/h2-6,8-10H,7,20H2,1H3. The molecule has 2 aromatic carbocycles. The van der Waals surface area contributed by atoms with Crippen LogP contribution in [0.5, 0.6) is 0 Å². The van der Waals surface area contributed by atoms with Crippen LogP contribution in [0.25, 0.3) is 0 Å². The van der Waals surface area contributed by atoms with Crippen molar-refractivity contribution in [3.8, 4) is 0 Å². The van der Waals surface area contributed by atoms with Crippen LogP contribution in [0.2, 0.25) is 0 Å². The first kappa shape index (κ1) is 18.3. The number of nitrogens with two attached hydrogens (primary N) is 1. The number of alkyl halides is 3. The van der Waals surface area contributed by atoms with Crippen molar-refractivity contribution in [3.63, 3.8) is 0 Å². The third-order valence-corrected chi connectivity index (χ3v) is 4.22. The summed E-state index contributed by atoms with van der Waals surface area (Å²) in [4.78, 5) is 11.3. The topological polar surface area (TPSA) is 69.2 Å². The maximum absolute atomic E-state index is 12.8. The Kier molecular flexibility index (Phi) is 5.51. The molecule has 4 nitrogen and oxygen atoms in total. The molecule has 2 N–H and O–H groups in total. The van der Waals surface area contributed by atoms with Gasteiger partial charge in [0.1, 0.15) is 0 Å². The van der Waals surface area contributed by atoms with Crippen LogP contribution in [0.1, 0.15) is 18.1 Å². The minimum Gasteiger partial charge on any atom is -0.328 e. The van der Waals surface area contributed by atoms with Gasteiger partial charge in [-0.3, -0.25) is 10.1 Å². The summed E-state index contributed by atoms with van der Waals surface area (Å²) in [6, 6.07) is 9.22. The van der Waals surface area contributed by atoms with Gasteiger partial charge in [-0.2, -0.15) is 13.2 Å². The molecule has 0 aliphatic carbocycles. The molecule has 0 bridgehead atoms. The fourth-order valence-electron chi connectivity index (χ4n) is 2.15. The normalized spacial score (nSPS) is 12.9. The van der Waals surface area contributed by atoms with Crippen molar-refractivity contribution >= 4 is 17.4 Å². The largest absolute Gasteiger partial charge is 0.416 e. The van der Waals surface area contributed by atoms with E-state index in [1.807, 2.05) is 0 Å². The summed E-state index contributed by atoms with van der Waals surface area (Å²) >= 11 is 0.927. The second-order valence-electron chi connectivity index (χ2n) is 5.37. The van der Waals surface area contributed by atoms with E-state index in [9.17, 15) is 23.3 Å². The lowest BCUT2D eigenvalue weighted by Gasteiger charge is -2.10. The summed E-state index contributed by atoms with van der Waals surface area (Å²) in [5, 5.41) is 11.3. The van der Waals surface area contributed by atoms with Crippen molar-refractivity contribution in [1.82, 2.24) is 0 Å². The zero-order chi connectivity index (χ0) is 17.9. The number of nitrogens with zero attached hydrogens (tertiary/aromatic N) is 1. The highest BCUT2D eigenvalue weighted by molar-refractivity contribution is 7.99. The van der Waals surface area contributed by atoms with Gasteiger partial charge in [0, 0.05) is 17.0 Å². The van der Waals surface area contributed by atoms with Crippen molar-refractivity contribution in [2.24, 2.45) is 5.73 Å². The monoisotopic (exact) mass is 356 g/mol. The molecular formula is C16H15F3N2O2S. The van der Waals surface area contributed by atoms with E-state index >= 15 is 0 Å². The molecule has 0 spiro atoms. The first-order chi connectivity index (χ1) is 11.2. The predicted octanol–water partition coefficient (Wildman–Crippen LogP) is 4.65. The zero-order valence-electron chi connectivity index (χ0n) is 12.7. The lowest BCUT2D eigenvalue weighted by atomic mass is 10.1. The van der Waals surface area contributed by atoms with E-state index in [4.69, 9.17) is 5.73 Å². The first-order valence-electron chi connectivity index (χ1n) is 7.05. The van der Waals surface area contributed by atoms with Crippen molar-refractivity contribution in [2.45, 2.75) is 35.4 Å². The Morgan fingerprint density at radius 2 is 1.96 bits per heavy atom. The van der Waals surface area contributed by atoms with Gasteiger partial charge in [0.2, 0.25) is 0 Å². The molecule has 0 saturated heterocycles. The molecule has 0 aliphatic heterocycles. The van der Waals surface area contributed by atoms with Crippen LogP contribution in [0.15, 0.2) is 52.3 Å². The van der Waals surface area contributed by atoms with Crippen molar-refractivity contribution in [1.29, 1.82) is 0 Å². The fraction of sp³-hybridized carbons (Fsp3) is 0.250. The Hall–Kier alpha value is -2.06. The molecule has 0 saturated carbocycles. The molecule has 8 heteroatoms. The molecule has 0 fully saturated rings. The molecule has 1 unspecified atom stereocenters. The van der Waals surface area contributed by atoms with Crippen LogP contribution in [0.4, 0.5) is 18.9 Å². The fourth-order valence-corrected chi connectivity index (χ4v) is 3.11. The molecule has 0 radical (unpaired) electrons. The van der Waals surface area contributed by atoms with E-state index in [1.165, 1.54) is 18.2 Å². The lowest BCUT2D eigenvalue weighted by Crippen LogP contribution is -2.17. The highest BCUT2D eigenvalue weighted by Gasteiger charge is 2.30. The van der Waals surface area contributed by atoms with Gasteiger partial charge in [-0.25, -0.2) is 0 Å². The molecular weight excluding hydrogens is 341 g/mol. The van der Waals surface area contributed by atoms with E-state index in [-0.39, 0.29) is 21.5 Å². The van der Waals surface area contributed by atoms with E-state index in [2.05, 4.69) is 0 Å². The maximum Gasteiger partial charge on any atom is 0.416 e. The van der Waals surface area contributed by atoms with Gasteiger partial charge in [-0.15, -0.1) is 0 Å². The van der Waals surface area contributed by atoms with E-state index in [1.54, 1.807) is 19.1 Å². The van der Waals surface area contributed by atoms with Crippen LogP contribution >= 0.6 is 11.8 Å². The van der Waals surface area contributed by atoms with Gasteiger partial charge in [0.05, 0.1) is 15.4 Å². The molecule has 2 aromatic rings. The minimum absolute atomic E-state index is 0.143. The molecule has 24 heavy (non-hydrogen) atoms. The second kappa shape index (κ2) is 7.23. The maximum atomic E-state index is 12.8. The van der Waals surface area contributed by atoms with Crippen LogP contribution in [0.3, 0.4) is 0 Å². The molecule has 2 rings (SSSR count). The average molecular weight is 356 g/mol. The number of hydrogen-bond acceptors (Lipinski definition) is 4. The van der Waals surface area contributed by atoms with Gasteiger partial charge in [0.15, 0.2) is 0 Å². The summed E-state index contributed by atoms with van der Waals surface area (Å²) < 4.78 is 38.3. The van der Waals surface area contributed by atoms with Gasteiger partial charge in [-0.1, -0.05) is 23.9 Å². The van der Waals surface area contributed by atoms with Gasteiger partial charge in [0.25, 0.3) is 5.69 Å². The number of hydrogen-bond donors (Lipinski definition) is 1. The van der Waals surface area contributed by atoms with Crippen LogP contribution in [-0.2, 0) is 12.6 Å². The van der Waals surface area contributed by atoms with Crippen LogP contribution in [-0.4, -0.2) is 11.0 Å². The SMILES string of the molecule is CC(N)Cc1ccc(Sc2cccc(C(F)(F)F)c2)c([N+](=O)[O-])c1. The summed E-state index contributed by atoms with van der Waals surface area (Å²) in [6.07, 6.45) is -3.97. The van der Waals surface area contributed by atoms with E-state index in [0.29, 0.717) is 12.0 Å². The molecule has 1 atom stereocenters. The first-order valence-corrected chi connectivity index (χ1v) is 7.86. The van der Waals surface area contributed by atoms with E-state index < -0.39 is 16.7 Å². The number of halogens is 3. The molecule has 128 valence electrons. The Morgan fingerprint density at radius 1 is 1.25 bits per heavy atom. The molecule has 0 aromatic heterocycles. The number of benzene rings is 2. The van der Waals surface area contributed by atoms with Crippen LogP contribution in [0, 0.1) is 10.1 Å². The van der Waals surface area contributed by atoms with Gasteiger partial charge < -0.3 is 5.73 Å². The van der Waals surface area contributed by atoms with Crippen molar-refractivity contribution < 1.29 is 18.1 Å². The smallest absolute Gasteiger partial charge is 0.328 e. The molecule has 0 aliphatic rings. The Labute approximate surface area is 141 Å². The Morgan fingerprint density at radius 3 is 2.54 bits per heavy atom. The Bertz CT molecular complexity index is 748. The summed E-state index contributed by atoms with van der Waals surface area (Å²) in [5.41, 5.74) is 5.47. The number of nitro groups is 1. The Balaban J connectivity index is 2.34. The third-order valence-electron chi connectivity index (χ3n) is 3.17. The lowest BCUT2D eigenvalue weighted by molar-refractivity contribution is -0.387. The van der Waals surface area contributed by atoms with Crippen molar-refractivity contribution in [3.05, 3.63) is 63.7 Å².